The second-order valence-electron chi connectivity index (χ2n) is 14.5. The number of nitrogens with zero attached hydrogens (tertiary/aromatic N) is 5. The van der Waals surface area contributed by atoms with Crippen LogP contribution in [0.3, 0.4) is 0 Å². The van der Waals surface area contributed by atoms with Gasteiger partial charge < -0.3 is 35.4 Å². The highest BCUT2D eigenvalue weighted by Gasteiger charge is 2.48. The zero-order valence-electron chi connectivity index (χ0n) is 33.2. The number of alkyl halides is 9. The number of carboxylic acid groups (broad SMARTS) is 3. The fourth-order valence-corrected chi connectivity index (χ4v) is 6.83. The number of ether oxygens (including phenoxy) is 2. The van der Waals surface area contributed by atoms with Crippen LogP contribution in [-0.4, -0.2) is 93.5 Å². The molecule has 0 spiro atoms. The molecule has 0 aliphatic carbocycles. The Balaban J connectivity index is 0.000000481. The first kappa shape index (κ1) is 49.4. The predicted molar refractivity (Wildman–Crippen MR) is 202 cm³/mol. The predicted octanol–water partition coefficient (Wildman–Crippen LogP) is 7.95. The number of carbonyl (C=O) groups is 3. The first-order valence-corrected chi connectivity index (χ1v) is 19.3. The Morgan fingerprint density at radius 3 is 1.87 bits per heavy atom. The maximum absolute atomic E-state index is 13.7. The van der Waals surface area contributed by atoms with E-state index in [4.69, 9.17) is 25.4 Å². The van der Waals surface area contributed by atoms with Crippen LogP contribution >= 0.6 is 0 Å². The van der Waals surface area contributed by atoms with Gasteiger partial charge in [-0.1, -0.05) is 6.92 Å². The molecule has 0 unspecified atom stereocenters. The third-order valence-corrected chi connectivity index (χ3v) is 9.98. The Kier molecular flexibility index (Phi) is 16.5. The second-order valence-corrected chi connectivity index (χ2v) is 14.5. The highest BCUT2D eigenvalue weighted by Crippen LogP contribution is 2.46. The number of pyridine rings is 1. The van der Waals surface area contributed by atoms with E-state index in [1.807, 2.05) is 0 Å². The van der Waals surface area contributed by atoms with Crippen molar-refractivity contribution in [1.29, 1.82) is 0 Å². The van der Waals surface area contributed by atoms with Crippen molar-refractivity contribution < 1.29 is 78.7 Å². The van der Waals surface area contributed by atoms with Gasteiger partial charge in [-0.2, -0.15) is 39.5 Å². The molecule has 1 saturated heterocycles. The molecule has 342 valence electrons. The van der Waals surface area contributed by atoms with Crippen LogP contribution in [-0.2, 0) is 44.0 Å². The van der Waals surface area contributed by atoms with Gasteiger partial charge in [0.2, 0.25) is 0 Å². The summed E-state index contributed by atoms with van der Waals surface area (Å²) in [7, 11) is 0. The standard InChI is InChI=1S/C29H27F9N6O3.C10H18O5/c1-2-26(39)13-18(23-20(44(26)25(45)46)3-4-22(42-23)29(36,37)38)24-40-14-21(43-5-7-47-8-6-43)19(41-24)11-15-9-16(27(30,31)32)12-17(10-15)28(33,34)35;11-9(12)5-1-3-7-15-8-4-2-6-10(13)14/h3-4,9-10,12,14,18H,2,5-8,11,13,39H2,1H3,(H,45,46);1-8H2,(H,11,12)(H,13,14)/t18-,26+;/m0./s1. The molecule has 5 N–H and O–H groups in total. The monoisotopic (exact) mass is 896 g/mol. The number of benzene rings is 1. The fourth-order valence-electron chi connectivity index (χ4n) is 6.83. The topological polar surface area (TPSA) is 202 Å². The van der Waals surface area contributed by atoms with E-state index in [1.54, 1.807) is 11.8 Å². The molecule has 14 nitrogen and oxygen atoms in total. The van der Waals surface area contributed by atoms with Crippen molar-refractivity contribution in [2.75, 3.05) is 49.3 Å². The van der Waals surface area contributed by atoms with Gasteiger partial charge in [0.15, 0.2) is 0 Å². The van der Waals surface area contributed by atoms with Gasteiger partial charge in [0, 0.05) is 45.6 Å². The molecule has 1 amide bonds. The minimum Gasteiger partial charge on any atom is -0.481 e. The van der Waals surface area contributed by atoms with Gasteiger partial charge >= 0.3 is 36.6 Å². The maximum Gasteiger partial charge on any atom is 0.433 e. The summed E-state index contributed by atoms with van der Waals surface area (Å²) < 4.78 is 134. The lowest BCUT2D eigenvalue weighted by molar-refractivity contribution is -0.143. The molecule has 2 aliphatic rings. The zero-order valence-corrected chi connectivity index (χ0v) is 33.2. The Hall–Kier alpha value is -5.29. The number of nitrogens with two attached hydrogens (primary N) is 1. The van der Waals surface area contributed by atoms with Crippen molar-refractivity contribution in [2.45, 2.75) is 94.8 Å². The number of fused-ring (bicyclic) bond motifs is 1. The summed E-state index contributed by atoms with van der Waals surface area (Å²) in [5, 5.41) is 26.7. The molecule has 0 radical (unpaired) electrons. The van der Waals surface area contributed by atoms with Gasteiger partial charge in [-0.25, -0.2) is 19.7 Å². The summed E-state index contributed by atoms with van der Waals surface area (Å²) in [6, 6.07) is 2.67. The van der Waals surface area contributed by atoms with Gasteiger partial charge in [0.05, 0.1) is 59.2 Å². The quantitative estimate of drug-likeness (QED) is 0.0847. The first-order valence-electron chi connectivity index (χ1n) is 19.3. The van der Waals surface area contributed by atoms with E-state index in [2.05, 4.69) is 15.0 Å². The van der Waals surface area contributed by atoms with E-state index in [1.165, 1.54) is 6.20 Å². The maximum atomic E-state index is 13.7. The lowest BCUT2D eigenvalue weighted by atomic mass is 9.83. The number of hydrogen-bond donors (Lipinski definition) is 4. The molecular formula is C39H45F9N6O8. The van der Waals surface area contributed by atoms with E-state index < -0.39 is 71.4 Å². The minimum atomic E-state index is -5.10. The molecule has 4 heterocycles. The molecular weight excluding hydrogens is 851 g/mol. The third-order valence-electron chi connectivity index (χ3n) is 9.98. The van der Waals surface area contributed by atoms with Crippen LogP contribution in [0.1, 0.15) is 104 Å². The Morgan fingerprint density at radius 2 is 1.39 bits per heavy atom. The Bertz CT molecular complexity index is 1980. The molecule has 2 atom stereocenters. The van der Waals surface area contributed by atoms with Crippen molar-refractivity contribution in [3.05, 3.63) is 76.1 Å². The van der Waals surface area contributed by atoms with Gasteiger partial charge in [0.1, 0.15) is 17.2 Å². The van der Waals surface area contributed by atoms with Crippen LogP contribution < -0.4 is 15.5 Å². The van der Waals surface area contributed by atoms with E-state index in [0.717, 1.165) is 23.8 Å². The van der Waals surface area contributed by atoms with Crippen molar-refractivity contribution >= 4 is 29.4 Å². The molecule has 5 rings (SSSR count). The molecule has 62 heavy (non-hydrogen) atoms. The van der Waals surface area contributed by atoms with Crippen molar-refractivity contribution in [2.24, 2.45) is 5.73 Å². The summed E-state index contributed by atoms with van der Waals surface area (Å²) in [5.74, 6) is -2.99. The van der Waals surface area contributed by atoms with Gasteiger partial charge in [-0.05, 0) is 74.4 Å². The molecule has 0 saturated carbocycles. The number of halogens is 9. The highest BCUT2D eigenvalue weighted by atomic mass is 19.4. The first-order chi connectivity index (χ1) is 28.9. The number of unbranched alkanes of at least 4 members (excludes halogenated alkanes) is 2. The van der Waals surface area contributed by atoms with Crippen molar-refractivity contribution in [1.82, 2.24) is 15.0 Å². The summed E-state index contributed by atoms with van der Waals surface area (Å²) in [4.78, 5) is 47.6. The molecule has 2 aromatic heterocycles. The normalized spacial score (nSPS) is 18.1. The van der Waals surface area contributed by atoms with E-state index in [0.29, 0.717) is 44.3 Å². The van der Waals surface area contributed by atoms with Crippen LogP contribution in [0.5, 0.6) is 0 Å². The fraction of sp³-hybridized carbons (Fsp3) is 0.538. The van der Waals surface area contributed by atoms with Crippen LogP contribution in [0.15, 0.2) is 36.5 Å². The number of amides is 1. The number of aliphatic carboxylic acids is 2. The smallest absolute Gasteiger partial charge is 0.433 e. The number of morpholine rings is 1. The summed E-state index contributed by atoms with van der Waals surface area (Å²) in [6.07, 6.45) is -13.2. The molecule has 3 aromatic rings. The van der Waals surface area contributed by atoms with Crippen molar-refractivity contribution in [3.8, 4) is 0 Å². The molecule has 1 fully saturated rings. The SMILES string of the molecule is CC[C@]1(N)C[C@H](c2ncc(N3CCOCC3)c(Cc3cc(C(F)(F)F)cc(C(F)(F)F)c3)n2)c2nc(C(F)(F)F)ccc2N1C(=O)O.O=C(O)CCCCOCCCCC(=O)O. The summed E-state index contributed by atoms with van der Waals surface area (Å²) >= 11 is 0. The van der Waals surface area contributed by atoms with Crippen LogP contribution in [0.2, 0.25) is 0 Å². The van der Waals surface area contributed by atoms with Crippen LogP contribution in [0.25, 0.3) is 0 Å². The molecule has 1 aromatic carbocycles. The second kappa shape index (κ2) is 20.7. The molecule has 23 heteroatoms. The largest absolute Gasteiger partial charge is 0.481 e. The number of carboxylic acids is 2. The molecule has 0 bridgehead atoms. The highest BCUT2D eigenvalue weighted by molar-refractivity contribution is 5.89. The summed E-state index contributed by atoms with van der Waals surface area (Å²) in [6.45, 7) is 3.74. The third kappa shape index (κ3) is 13.4. The number of rotatable bonds is 15. The molecule has 2 aliphatic heterocycles. The van der Waals surface area contributed by atoms with Gasteiger partial charge in [-0.15, -0.1) is 0 Å². The Morgan fingerprint density at radius 1 is 0.823 bits per heavy atom. The van der Waals surface area contributed by atoms with E-state index >= 15 is 0 Å². The van der Waals surface area contributed by atoms with E-state index in [-0.39, 0.29) is 92.2 Å². The van der Waals surface area contributed by atoms with Crippen LogP contribution in [0, 0.1) is 0 Å². The zero-order chi connectivity index (χ0) is 46.0. The number of anilines is 2. The minimum absolute atomic E-state index is 0.000438. The van der Waals surface area contributed by atoms with Gasteiger partial charge in [0.25, 0.3) is 0 Å². The average molecular weight is 897 g/mol. The average Bonchev–Trinajstić information content (AvgIpc) is 3.18. The van der Waals surface area contributed by atoms with E-state index in [9.17, 15) is 59.0 Å². The lowest BCUT2D eigenvalue weighted by Crippen LogP contribution is -2.61. The van der Waals surface area contributed by atoms with Crippen LogP contribution in [0.4, 0.5) is 55.7 Å². The number of aromatic nitrogens is 3. The van der Waals surface area contributed by atoms with Gasteiger partial charge in [-0.3, -0.25) is 14.5 Å². The van der Waals surface area contributed by atoms with Crippen molar-refractivity contribution in [3.63, 3.8) is 0 Å². The number of hydrogen-bond acceptors (Lipinski definition) is 10. The summed E-state index contributed by atoms with van der Waals surface area (Å²) in [5.41, 5.74) is -0.305. The Labute approximate surface area is 348 Å². The lowest BCUT2D eigenvalue weighted by Gasteiger charge is -2.45.